The number of rotatable bonds is 24. The molecule has 0 radical (unpaired) electrons. The first kappa shape index (κ1) is 54.5. The molecule has 2 heterocycles. The van der Waals surface area contributed by atoms with Crippen molar-refractivity contribution in [1.82, 2.24) is 20.4 Å². The van der Waals surface area contributed by atoms with Crippen molar-refractivity contribution in [3.05, 3.63) is 250 Å². The van der Waals surface area contributed by atoms with E-state index in [1.54, 1.807) is 0 Å². The number of Topliss-reactive ketones (excluding diaryl/α,β-unsaturated/α-hetero) is 2. The molecule has 2 atom stereocenters. The largest absolute Gasteiger partial charge is 0.352 e. The molecule has 4 amide bonds. The Balaban J connectivity index is 0.900. The van der Waals surface area contributed by atoms with E-state index in [1.807, 2.05) is 121 Å². The fourth-order valence-corrected chi connectivity index (χ4v) is 11.2. The highest BCUT2D eigenvalue weighted by atomic mass is 16.2. The Kier molecular flexibility index (Phi) is 19.0. The Morgan fingerprint density at radius 1 is 0.372 bits per heavy atom. The first-order chi connectivity index (χ1) is 38.2. The molecule has 78 heavy (non-hydrogen) atoms. The van der Waals surface area contributed by atoms with Crippen LogP contribution in [0.5, 0.6) is 0 Å². The average Bonchev–Trinajstić information content (AvgIpc) is 3.55. The van der Waals surface area contributed by atoms with Crippen molar-refractivity contribution in [1.29, 1.82) is 0 Å². The monoisotopic (exact) mass is 1040 g/mol. The molecule has 0 saturated heterocycles. The highest BCUT2D eigenvalue weighted by molar-refractivity contribution is 6.45. The molecule has 0 aromatic heterocycles. The molecule has 1 unspecified atom stereocenters. The Hall–Kier alpha value is -8.24. The minimum Gasteiger partial charge on any atom is -0.352 e. The summed E-state index contributed by atoms with van der Waals surface area (Å²) >= 11 is 0. The standard InChI is InChI=1S/C68H70N4O6/c73-63(67(77)71-47-57-36-15-13-34-53(57)45-61(71)65(75)69-59(40-17-30-49-22-5-1-6-23-49)41-18-31-50-24-7-2-8-25-50)55-38-21-39-56(44-55)64(74)68(78)72-48-58-37-16-14-35-54(58)46-62(72)66(76)70-60(42-19-32-51-26-9-3-10-27-51)43-20-33-52-28-11-4-12-29-52/h1-16,21-29,34-39,44,59-62H,17-20,30-33,40-43,45-48H2,(H,69,75)(H,70,76)/t61-,62?/m0/s1. The van der Waals surface area contributed by atoms with Gasteiger partial charge in [0.1, 0.15) is 12.1 Å². The number of nitrogens with zero attached hydrogens (tertiary/aromatic N) is 2. The Labute approximate surface area is 459 Å². The summed E-state index contributed by atoms with van der Waals surface area (Å²) in [5.41, 5.74) is 8.29. The summed E-state index contributed by atoms with van der Waals surface area (Å²) in [5, 5.41) is 6.64. The Morgan fingerprint density at radius 3 is 0.987 bits per heavy atom. The first-order valence-corrected chi connectivity index (χ1v) is 27.9. The van der Waals surface area contributed by atoms with E-state index in [4.69, 9.17) is 0 Å². The minimum atomic E-state index is -0.967. The van der Waals surface area contributed by atoms with Crippen LogP contribution in [0.2, 0.25) is 0 Å². The molecule has 0 spiro atoms. The van der Waals surface area contributed by atoms with E-state index in [2.05, 4.69) is 59.2 Å². The molecular formula is C68H70N4O6. The van der Waals surface area contributed by atoms with E-state index >= 15 is 0 Å². The van der Waals surface area contributed by atoms with Crippen molar-refractivity contribution in [2.45, 2.75) is 127 Å². The van der Waals surface area contributed by atoms with Gasteiger partial charge in [-0.1, -0.05) is 188 Å². The van der Waals surface area contributed by atoms with Crippen molar-refractivity contribution < 1.29 is 28.8 Å². The molecule has 10 nitrogen and oxygen atoms in total. The molecular weight excluding hydrogens is 969 g/mol. The third-order valence-corrected chi connectivity index (χ3v) is 15.5. The minimum absolute atomic E-state index is 0.0451. The summed E-state index contributed by atoms with van der Waals surface area (Å²) in [4.78, 5) is 90.1. The number of hydrogen-bond donors (Lipinski definition) is 2. The van der Waals surface area contributed by atoms with Gasteiger partial charge >= 0.3 is 0 Å². The molecule has 2 aliphatic rings. The summed E-state index contributed by atoms with van der Waals surface area (Å²) in [5.74, 6) is -4.19. The Morgan fingerprint density at radius 2 is 0.667 bits per heavy atom. The highest BCUT2D eigenvalue weighted by Crippen LogP contribution is 2.28. The fraction of sp³-hybridized carbons (Fsp3) is 0.294. The third-order valence-electron chi connectivity index (χ3n) is 15.5. The van der Waals surface area contributed by atoms with Gasteiger partial charge in [-0.15, -0.1) is 0 Å². The molecule has 7 aromatic rings. The second-order valence-corrected chi connectivity index (χ2v) is 21.0. The van der Waals surface area contributed by atoms with E-state index in [0.717, 1.165) is 99.3 Å². The van der Waals surface area contributed by atoms with Crippen molar-refractivity contribution in [3.8, 4) is 0 Å². The number of hydrogen-bond acceptors (Lipinski definition) is 6. The molecule has 0 aliphatic carbocycles. The quantitative estimate of drug-likeness (QED) is 0.0458. The summed E-state index contributed by atoms with van der Waals surface area (Å²) in [7, 11) is 0. The average molecular weight is 1040 g/mol. The van der Waals surface area contributed by atoms with Crippen LogP contribution in [-0.2, 0) is 70.8 Å². The van der Waals surface area contributed by atoms with Gasteiger partial charge in [0.15, 0.2) is 0 Å². The SMILES string of the molecule is O=C(C(=O)N1Cc2ccccc2CC1C(=O)NC(CCCc1ccccc1)CCCc1ccccc1)c1cccc(C(=O)C(=O)N2Cc3ccccc3C[C@H]2C(=O)NC(CCCc2ccccc2)CCCc2ccccc2)c1. The fourth-order valence-electron chi connectivity index (χ4n) is 11.2. The maximum Gasteiger partial charge on any atom is 0.295 e. The van der Waals surface area contributed by atoms with Gasteiger partial charge in [-0.25, -0.2) is 0 Å². The lowest BCUT2D eigenvalue weighted by Crippen LogP contribution is -2.56. The smallest absolute Gasteiger partial charge is 0.295 e. The van der Waals surface area contributed by atoms with Gasteiger partial charge in [-0.2, -0.15) is 0 Å². The van der Waals surface area contributed by atoms with Gasteiger partial charge < -0.3 is 20.4 Å². The van der Waals surface area contributed by atoms with Crippen LogP contribution >= 0.6 is 0 Å². The second-order valence-electron chi connectivity index (χ2n) is 21.0. The predicted molar refractivity (Wildman–Crippen MR) is 305 cm³/mol. The van der Waals surface area contributed by atoms with Crippen LogP contribution < -0.4 is 10.6 Å². The van der Waals surface area contributed by atoms with E-state index < -0.39 is 35.5 Å². The van der Waals surface area contributed by atoms with Crippen molar-refractivity contribution >= 4 is 35.2 Å². The number of carbonyl (C=O) groups excluding carboxylic acids is 6. The summed E-state index contributed by atoms with van der Waals surface area (Å²) in [6.07, 6.45) is 10.3. The molecule has 10 heteroatoms. The molecule has 9 rings (SSSR count). The van der Waals surface area contributed by atoms with Gasteiger partial charge in [0.05, 0.1) is 0 Å². The molecule has 0 bridgehead atoms. The van der Waals surface area contributed by atoms with Crippen molar-refractivity contribution in [2.75, 3.05) is 0 Å². The van der Waals surface area contributed by atoms with Gasteiger partial charge in [0.25, 0.3) is 11.8 Å². The predicted octanol–water partition coefficient (Wildman–Crippen LogP) is 11.0. The van der Waals surface area contributed by atoms with Crippen molar-refractivity contribution in [3.63, 3.8) is 0 Å². The normalized spacial score (nSPS) is 14.8. The van der Waals surface area contributed by atoms with Crippen LogP contribution in [0.1, 0.15) is 117 Å². The van der Waals surface area contributed by atoms with Crippen molar-refractivity contribution in [2.24, 2.45) is 0 Å². The molecule has 7 aromatic carbocycles. The number of carbonyl (C=O) groups is 6. The summed E-state index contributed by atoms with van der Waals surface area (Å²) in [6.45, 7) is 0.0901. The lowest BCUT2D eigenvalue weighted by molar-refractivity contribution is -0.138. The summed E-state index contributed by atoms with van der Waals surface area (Å²) < 4.78 is 0. The van der Waals surface area contributed by atoms with Gasteiger partial charge in [-0.3, -0.25) is 28.8 Å². The molecule has 0 fully saturated rings. The van der Waals surface area contributed by atoms with E-state index in [0.29, 0.717) is 0 Å². The molecule has 398 valence electrons. The molecule has 2 N–H and O–H groups in total. The lowest BCUT2D eigenvalue weighted by Gasteiger charge is -2.36. The number of benzene rings is 7. The van der Waals surface area contributed by atoms with Crippen LogP contribution in [0.25, 0.3) is 0 Å². The highest BCUT2D eigenvalue weighted by Gasteiger charge is 2.40. The number of ketones is 2. The maximum atomic E-state index is 14.6. The molecule has 2 aliphatic heterocycles. The van der Waals surface area contributed by atoms with Crippen LogP contribution in [-0.4, -0.2) is 69.2 Å². The van der Waals surface area contributed by atoms with Gasteiger partial charge in [0, 0.05) is 49.1 Å². The number of nitrogens with one attached hydrogen (secondary N) is 2. The van der Waals surface area contributed by atoms with Gasteiger partial charge in [0.2, 0.25) is 23.4 Å². The number of fused-ring (bicyclic) bond motifs is 2. The zero-order valence-electron chi connectivity index (χ0n) is 44.4. The van der Waals surface area contributed by atoms with E-state index in [9.17, 15) is 28.8 Å². The van der Waals surface area contributed by atoms with E-state index in [-0.39, 0.29) is 61.0 Å². The lowest BCUT2D eigenvalue weighted by atomic mass is 9.91. The van der Waals surface area contributed by atoms with Gasteiger partial charge in [-0.05, 0) is 128 Å². The first-order valence-electron chi connectivity index (χ1n) is 27.9. The van der Waals surface area contributed by atoms with Crippen LogP contribution in [0.4, 0.5) is 0 Å². The molecule has 0 saturated carbocycles. The Bertz CT molecular complexity index is 2850. The second kappa shape index (κ2) is 27.2. The van der Waals surface area contributed by atoms with E-state index in [1.165, 1.54) is 56.3 Å². The maximum absolute atomic E-state index is 14.6. The van der Waals surface area contributed by atoms with Crippen LogP contribution in [0, 0.1) is 0 Å². The number of amides is 4. The summed E-state index contributed by atoms with van der Waals surface area (Å²) in [6, 6.07) is 59.8. The number of aryl methyl sites for hydroxylation is 4. The third kappa shape index (κ3) is 14.6. The zero-order valence-corrected chi connectivity index (χ0v) is 44.4. The van der Waals surface area contributed by atoms with Crippen LogP contribution in [0.3, 0.4) is 0 Å². The van der Waals surface area contributed by atoms with Crippen LogP contribution in [0.15, 0.2) is 194 Å². The topological polar surface area (TPSA) is 133 Å². The zero-order chi connectivity index (χ0) is 54.1.